The Bertz CT molecular complexity index is 2580. The van der Waals surface area contributed by atoms with Crippen molar-refractivity contribution >= 4 is 5.91 Å². The van der Waals surface area contributed by atoms with Gasteiger partial charge in [-0.2, -0.15) is 0 Å². The van der Waals surface area contributed by atoms with E-state index in [1.165, 1.54) is 0 Å². The van der Waals surface area contributed by atoms with E-state index in [9.17, 15) is 148 Å². The molecule has 9 heterocycles. The average Bonchev–Trinajstić information content (AvgIpc) is 0.775. The highest BCUT2D eigenvalue weighted by Crippen LogP contribution is 2.39. The Balaban J connectivity index is 1.04. The summed E-state index contributed by atoms with van der Waals surface area (Å²) in [5.41, 5.74) is 0. The van der Waals surface area contributed by atoms with E-state index in [1.807, 2.05) is 0 Å². The van der Waals surface area contributed by atoms with Gasteiger partial charge in [0.05, 0.1) is 59.5 Å². The maximum Gasteiger partial charge on any atom is 0.217 e. The highest BCUT2D eigenvalue weighted by molar-refractivity contribution is 5.73. The fourth-order valence-corrected chi connectivity index (χ4v) is 13.1. The van der Waals surface area contributed by atoms with Crippen molar-refractivity contribution in [1.82, 2.24) is 5.32 Å². The minimum atomic E-state index is -2.52. The zero-order valence-corrected chi connectivity index (χ0v) is 54.2. The molecule has 45 atom stereocenters. The number of amides is 1. The van der Waals surface area contributed by atoms with Crippen molar-refractivity contribution in [2.45, 2.75) is 283 Å². The lowest BCUT2D eigenvalue weighted by Crippen LogP contribution is -2.69. The molecule has 0 aromatic rings. The molecule has 103 heavy (non-hydrogen) atoms. The Morgan fingerprint density at radius 2 is 0.515 bits per heavy atom. The second-order valence-corrected chi connectivity index (χ2v) is 26.0. The summed E-state index contributed by atoms with van der Waals surface area (Å²) < 4.78 is 98.3. The number of rotatable bonds is 26. The van der Waals surface area contributed by atoms with E-state index in [1.54, 1.807) is 0 Å². The van der Waals surface area contributed by atoms with Crippen LogP contribution in [0.1, 0.15) is 6.92 Å². The molecule has 0 aliphatic carbocycles. The molecular weight excluding hydrogens is 1420 g/mol. The molecule has 47 heteroatoms. The van der Waals surface area contributed by atoms with Gasteiger partial charge in [-0.25, -0.2) is 0 Å². The second kappa shape index (κ2) is 36.7. The lowest BCUT2D eigenvalue weighted by atomic mass is 9.94. The van der Waals surface area contributed by atoms with Gasteiger partial charge < -0.3 is 229 Å². The first kappa shape index (κ1) is 84.7. The van der Waals surface area contributed by atoms with Gasteiger partial charge in [-0.15, -0.1) is 0 Å². The topological polar surface area (TPSA) is 752 Å². The number of aliphatic hydroxyl groups excluding tert-OH is 28. The number of hydrogen-bond acceptors (Lipinski definition) is 46. The molecule has 0 saturated carbocycles. The highest BCUT2D eigenvalue weighted by atomic mass is 16.8. The average molecular weight is 1520 g/mol. The summed E-state index contributed by atoms with van der Waals surface area (Å²) in [4.78, 5) is 12.3. The zero-order chi connectivity index (χ0) is 75.6. The summed E-state index contributed by atoms with van der Waals surface area (Å²) >= 11 is 0. The molecule has 9 aliphatic heterocycles. The van der Waals surface area contributed by atoms with Gasteiger partial charge in [0.2, 0.25) is 5.91 Å². The fraction of sp³-hybridized carbons (Fsp3) is 0.982. The Kier molecular flexibility index (Phi) is 30.2. The van der Waals surface area contributed by atoms with Crippen molar-refractivity contribution < 1.29 is 228 Å². The predicted octanol–water partition coefficient (Wildman–Crippen LogP) is -20.5. The molecule has 0 radical (unpaired) electrons. The molecule has 0 aromatic carbocycles. The minimum absolute atomic E-state index is 0.855. The smallest absolute Gasteiger partial charge is 0.217 e. The zero-order valence-electron chi connectivity index (χ0n) is 54.2. The Morgan fingerprint density at radius 3 is 0.883 bits per heavy atom. The predicted molar refractivity (Wildman–Crippen MR) is 309 cm³/mol. The number of ether oxygens (including phenoxy) is 17. The van der Waals surface area contributed by atoms with Crippen LogP contribution in [0.2, 0.25) is 0 Å². The summed E-state index contributed by atoms with van der Waals surface area (Å²) in [5.74, 6) is -0.855. The highest BCUT2D eigenvalue weighted by Gasteiger charge is 2.60. The molecule has 9 aliphatic rings. The van der Waals surface area contributed by atoms with Crippen LogP contribution in [0.5, 0.6) is 0 Å². The number of nitrogens with one attached hydrogen (secondary N) is 1. The molecule has 9 saturated heterocycles. The lowest BCUT2D eigenvalue weighted by Gasteiger charge is -2.50. The van der Waals surface area contributed by atoms with Crippen molar-refractivity contribution in [3.8, 4) is 0 Å². The number of hydrogen-bond donors (Lipinski definition) is 29. The SMILES string of the molecule is CC(=O)N[C@@H]1[C@@H](O)[C@H](O[C@H]2O[C@@H](CO[C@@H]3O[C@@H](CO[C@@H]4O[C@@H](CO)[C@H](O)[C@@H](O)[C@H]4O[C@@H]4O[C@@H](CO)[C@H](O)[C@@H](O)[C@H]4O)[C@H](O)[C@@H](O[C@H]4O[C@H](CO)[C@@H](O)[C@H](O)[C@@H]4O)[C@H]3O)[C@H](O)[C@@H](O[C@H]3O[C@H](CO)[C@@H](O)[C@H](O)[C@@H]3O[C@H]3O[C@H](CO)[C@@H](O)[C@H](O)[C@@H]3O[C@H]3O[C@H](CO)[C@@H](O)[C@H](O)[C@@H]3O)[C@H]2O)[C@@H](CO)O[C@H]1O. The third kappa shape index (κ3) is 18.0. The van der Waals surface area contributed by atoms with Crippen molar-refractivity contribution in [2.24, 2.45) is 0 Å². The first-order valence-corrected chi connectivity index (χ1v) is 32.7. The van der Waals surface area contributed by atoms with E-state index in [0.29, 0.717) is 0 Å². The molecule has 9 fully saturated rings. The Morgan fingerprint density at radius 1 is 0.252 bits per heavy atom. The largest absolute Gasteiger partial charge is 0.394 e. The van der Waals surface area contributed by atoms with Gasteiger partial charge in [0.1, 0.15) is 220 Å². The Labute approximate surface area is 581 Å². The van der Waals surface area contributed by atoms with Gasteiger partial charge >= 0.3 is 0 Å². The first-order chi connectivity index (χ1) is 48.8. The molecule has 9 rings (SSSR count). The molecule has 600 valence electrons. The van der Waals surface area contributed by atoms with Crippen LogP contribution in [0.15, 0.2) is 0 Å². The van der Waals surface area contributed by atoms with Crippen LogP contribution in [0.3, 0.4) is 0 Å². The van der Waals surface area contributed by atoms with E-state index < -0.39 is 342 Å². The second-order valence-electron chi connectivity index (χ2n) is 26.0. The van der Waals surface area contributed by atoms with Crippen LogP contribution in [-0.2, 0) is 85.3 Å². The van der Waals surface area contributed by atoms with Crippen LogP contribution in [0, 0.1) is 0 Å². The molecule has 0 bridgehead atoms. The van der Waals surface area contributed by atoms with Crippen molar-refractivity contribution in [2.75, 3.05) is 59.5 Å². The van der Waals surface area contributed by atoms with Gasteiger partial charge in [0, 0.05) is 6.92 Å². The summed E-state index contributed by atoms with van der Waals surface area (Å²) in [6.45, 7) is -8.74. The number of carbonyl (C=O) groups excluding carboxylic acids is 1. The van der Waals surface area contributed by atoms with Crippen molar-refractivity contribution in [1.29, 1.82) is 0 Å². The fourth-order valence-electron chi connectivity index (χ4n) is 13.1. The van der Waals surface area contributed by atoms with Crippen LogP contribution in [0.25, 0.3) is 0 Å². The molecular formula is C56H95NO46. The monoisotopic (exact) mass is 1520 g/mol. The standard InChI is InChI=1S/C56H95NO46/c1-11(65)57-21-30(74)42(18(8-64)89-48(21)86)98-53-41(85)44(100-55-47(36(80)27(71)16(6-62)94-55)103-56-46(35(79)26(70)17(7-63)95-56)102-52-39(83)33(77)24(68)14(4-60)92-52)29(73)20(97-53)9-87-49-40(84)43(99-50-37(81)31(75)22(66)12(2-58)90-50)28(72)19(96-49)10-88-54-45(34(78)25(69)15(5-61)93-54)101-51-38(82)32(76)23(67)13(3-59)91-51/h12-56,58-64,66-86H,2-10H2,1H3,(H,57,65)/t12-,13+,14-,15+,16-,17-,18-,19+,20+,21-,22-,23+,24-,25+,26-,27-,28+,29+,30-,31+,32-,33+,34-,35+,36+,37+,38-,39+,40-,41-,42-,43-,44-,45-,46+,47+,48-,49-,50-,51+,52-,53-,54-,55-,56-/m1/s1. The van der Waals surface area contributed by atoms with E-state index in [-0.39, 0.29) is 0 Å². The van der Waals surface area contributed by atoms with Gasteiger partial charge in [0.25, 0.3) is 0 Å². The lowest BCUT2D eigenvalue weighted by molar-refractivity contribution is -0.407. The summed E-state index contributed by atoms with van der Waals surface area (Å²) in [7, 11) is 0. The summed E-state index contributed by atoms with van der Waals surface area (Å²) in [6, 6.07) is -1.77. The number of carbonyl (C=O) groups is 1. The maximum atomic E-state index is 12.4. The molecule has 29 N–H and O–H groups in total. The van der Waals surface area contributed by atoms with E-state index >= 15 is 0 Å². The third-order valence-corrected chi connectivity index (χ3v) is 19.1. The van der Waals surface area contributed by atoms with Gasteiger partial charge in [-0.3, -0.25) is 4.79 Å². The number of aliphatic hydroxyl groups is 28. The van der Waals surface area contributed by atoms with Gasteiger partial charge in [-0.05, 0) is 0 Å². The quantitative estimate of drug-likeness (QED) is 0.0382. The van der Waals surface area contributed by atoms with Crippen LogP contribution in [0.4, 0.5) is 0 Å². The normalized spacial score (nSPS) is 52.4. The van der Waals surface area contributed by atoms with Crippen LogP contribution in [-0.4, -0.2) is 485 Å². The van der Waals surface area contributed by atoms with Crippen molar-refractivity contribution in [3.05, 3.63) is 0 Å². The molecule has 0 aromatic heterocycles. The van der Waals surface area contributed by atoms with Gasteiger partial charge in [-0.1, -0.05) is 0 Å². The molecule has 47 nitrogen and oxygen atoms in total. The summed E-state index contributed by atoms with van der Waals surface area (Å²) in [6.07, 6.45) is -93.2. The van der Waals surface area contributed by atoms with E-state index in [0.717, 1.165) is 6.92 Å². The maximum absolute atomic E-state index is 12.4. The van der Waals surface area contributed by atoms with Crippen LogP contribution < -0.4 is 5.32 Å². The van der Waals surface area contributed by atoms with Crippen LogP contribution >= 0.6 is 0 Å². The van der Waals surface area contributed by atoms with E-state index in [4.69, 9.17) is 80.5 Å². The Hall–Kier alpha value is -2.33. The van der Waals surface area contributed by atoms with E-state index in [2.05, 4.69) is 5.32 Å². The third-order valence-electron chi connectivity index (χ3n) is 19.1. The molecule has 1 amide bonds. The summed E-state index contributed by atoms with van der Waals surface area (Å²) in [5, 5.41) is 308. The van der Waals surface area contributed by atoms with Gasteiger partial charge in [0.15, 0.2) is 56.6 Å². The molecule has 0 unspecified atom stereocenters. The minimum Gasteiger partial charge on any atom is -0.394 e. The molecule has 0 spiro atoms. The first-order valence-electron chi connectivity index (χ1n) is 32.7. The van der Waals surface area contributed by atoms with Crippen molar-refractivity contribution in [3.63, 3.8) is 0 Å².